The highest BCUT2D eigenvalue weighted by Gasteiger charge is 2.22. The third-order valence-corrected chi connectivity index (χ3v) is 3.80. The molecule has 0 bridgehead atoms. The summed E-state index contributed by atoms with van der Waals surface area (Å²) in [4.78, 5) is 0. The number of sulfone groups is 1. The van der Waals surface area contributed by atoms with Crippen molar-refractivity contribution in [2.45, 2.75) is 20.8 Å². The zero-order valence-corrected chi connectivity index (χ0v) is 11.0. The van der Waals surface area contributed by atoms with Crippen LogP contribution in [0.4, 0.5) is 0 Å². The van der Waals surface area contributed by atoms with Crippen molar-refractivity contribution in [3.05, 3.63) is 12.3 Å². The molecule has 0 spiro atoms. The van der Waals surface area contributed by atoms with E-state index in [1.165, 1.54) is 0 Å². The summed E-state index contributed by atoms with van der Waals surface area (Å²) in [5.74, 6) is 0.470. The van der Waals surface area contributed by atoms with Gasteiger partial charge in [0.05, 0.1) is 11.5 Å². The minimum Gasteiger partial charge on any atom is -0.310 e. The second-order valence-corrected chi connectivity index (χ2v) is 5.70. The number of hydrogen-bond acceptors (Lipinski definition) is 4. The summed E-state index contributed by atoms with van der Waals surface area (Å²) in [7, 11) is -0.959. The van der Waals surface area contributed by atoms with E-state index in [0.717, 1.165) is 5.70 Å². The molecule has 0 aromatic heterocycles. The molecule has 4 nitrogen and oxygen atoms in total. The van der Waals surface area contributed by atoms with Crippen LogP contribution in [0.15, 0.2) is 12.3 Å². The second-order valence-electron chi connectivity index (χ2n) is 3.39. The molecule has 1 fully saturated rings. The van der Waals surface area contributed by atoms with Crippen LogP contribution in [-0.2, 0) is 9.84 Å². The fraction of sp³-hybridized carbons (Fsp3) is 0.800. The van der Waals surface area contributed by atoms with Crippen molar-refractivity contribution in [3.63, 3.8) is 0 Å². The van der Waals surface area contributed by atoms with Gasteiger partial charge in [0.1, 0.15) is 0 Å². The van der Waals surface area contributed by atoms with E-state index >= 15 is 0 Å². The molecule has 0 atom stereocenters. The zero-order chi connectivity index (χ0) is 12.1. The van der Waals surface area contributed by atoms with Gasteiger partial charge in [-0.2, -0.15) is 0 Å². The van der Waals surface area contributed by atoms with E-state index in [-0.39, 0.29) is 11.5 Å². The highest BCUT2D eigenvalue weighted by atomic mass is 32.2. The molecule has 0 aromatic carbocycles. The van der Waals surface area contributed by atoms with Crippen molar-refractivity contribution < 1.29 is 8.42 Å². The van der Waals surface area contributed by atoms with E-state index in [0.29, 0.717) is 13.1 Å². The molecule has 1 saturated heterocycles. The van der Waals surface area contributed by atoms with Crippen molar-refractivity contribution in [1.82, 2.24) is 10.0 Å². The summed E-state index contributed by atoms with van der Waals surface area (Å²) in [5, 5.41) is 3.82. The zero-order valence-electron chi connectivity index (χ0n) is 10.2. The topological polar surface area (TPSA) is 40.6 Å². The summed E-state index contributed by atoms with van der Waals surface area (Å²) in [5.41, 5.74) is 0.889. The van der Waals surface area contributed by atoms with Gasteiger partial charge in [-0.25, -0.2) is 13.4 Å². The van der Waals surface area contributed by atoms with Gasteiger partial charge < -0.3 is 5.01 Å². The van der Waals surface area contributed by atoms with Gasteiger partial charge >= 0.3 is 0 Å². The van der Waals surface area contributed by atoms with Crippen LogP contribution in [0.5, 0.6) is 0 Å². The van der Waals surface area contributed by atoms with Crippen LogP contribution < -0.4 is 0 Å². The predicted octanol–water partition coefficient (Wildman–Crippen LogP) is 1.12. The number of hydrogen-bond donors (Lipinski definition) is 0. The van der Waals surface area contributed by atoms with Gasteiger partial charge in [-0.3, -0.25) is 0 Å². The lowest BCUT2D eigenvalue weighted by Gasteiger charge is -2.31. The molecule has 1 heterocycles. The first kappa shape index (κ1) is 14.5. The lowest BCUT2D eigenvalue weighted by Crippen LogP contribution is -2.38. The molecule has 0 aliphatic carbocycles. The SMILES string of the molecule is C=C(C)N1CCS(=O)(=O)CCN1C.CC. The first-order valence-electron chi connectivity index (χ1n) is 5.27. The molecule has 1 rings (SSSR count). The van der Waals surface area contributed by atoms with Gasteiger partial charge in [-0.15, -0.1) is 0 Å². The predicted molar refractivity (Wildman–Crippen MR) is 64.2 cm³/mol. The number of rotatable bonds is 1. The maximum Gasteiger partial charge on any atom is 0.153 e. The lowest BCUT2D eigenvalue weighted by molar-refractivity contribution is 0.0537. The molecular formula is C10H22N2O2S. The monoisotopic (exact) mass is 234 g/mol. The summed E-state index contributed by atoms with van der Waals surface area (Å²) < 4.78 is 22.6. The van der Waals surface area contributed by atoms with E-state index in [1.807, 2.05) is 37.8 Å². The Morgan fingerprint density at radius 2 is 1.67 bits per heavy atom. The molecule has 0 unspecified atom stereocenters. The quantitative estimate of drug-likeness (QED) is 0.682. The lowest BCUT2D eigenvalue weighted by atomic mass is 10.5. The van der Waals surface area contributed by atoms with Crippen LogP contribution in [-0.4, -0.2) is 50.1 Å². The molecule has 15 heavy (non-hydrogen) atoms. The second kappa shape index (κ2) is 6.12. The maximum atomic E-state index is 11.3. The van der Waals surface area contributed by atoms with Crippen LogP contribution in [0, 0.1) is 0 Å². The fourth-order valence-electron chi connectivity index (χ4n) is 1.37. The Morgan fingerprint density at radius 1 is 1.20 bits per heavy atom. The van der Waals surface area contributed by atoms with E-state index < -0.39 is 9.84 Å². The largest absolute Gasteiger partial charge is 0.310 e. The van der Waals surface area contributed by atoms with Gasteiger partial charge in [0, 0.05) is 25.8 Å². The minimum absolute atomic E-state index is 0.226. The van der Waals surface area contributed by atoms with E-state index in [1.54, 1.807) is 0 Å². The van der Waals surface area contributed by atoms with E-state index in [4.69, 9.17) is 0 Å². The van der Waals surface area contributed by atoms with Crippen LogP contribution in [0.25, 0.3) is 0 Å². The minimum atomic E-state index is -2.84. The highest BCUT2D eigenvalue weighted by molar-refractivity contribution is 7.91. The smallest absolute Gasteiger partial charge is 0.153 e. The number of hydrazine groups is 1. The van der Waals surface area contributed by atoms with Gasteiger partial charge in [0.15, 0.2) is 9.84 Å². The molecular weight excluding hydrogens is 212 g/mol. The molecule has 0 aromatic rings. The standard InChI is InChI=1S/C8H16N2O2S.C2H6/c1-8(2)10-5-7-13(11,12)6-4-9(10)3;1-2/h1,4-7H2,2-3H3;1-2H3. The van der Waals surface area contributed by atoms with Crippen molar-refractivity contribution in [2.24, 2.45) is 0 Å². The Kier molecular flexibility index (Phi) is 5.90. The Hall–Kier alpha value is -0.550. The van der Waals surface area contributed by atoms with Crippen LogP contribution in [0.1, 0.15) is 20.8 Å². The highest BCUT2D eigenvalue weighted by Crippen LogP contribution is 2.09. The van der Waals surface area contributed by atoms with Crippen molar-refractivity contribution in [3.8, 4) is 0 Å². The van der Waals surface area contributed by atoms with Gasteiger partial charge in [0.2, 0.25) is 0 Å². The van der Waals surface area contributed by atoms with Crippen LogP contribution >= 0.6 is 0 Å². The first-order chi connectivity index (χ1) is 6.92. The molecule has 0 radical (unpaired) electrons. The fourth-order valence-corrected chi connectivity index (χ4v) is 2.57. The summed E-state index contributed by atoms with van der Waals surface area (Å²) >= 11 is 0. The number of allylic oxidation sites excluding steroid dienone is 1. The summed E-state index contributed by atoms with van der Waals surface area (Å²) in [6, 6.07) is 0. The molecule has 1 aliphatic rings. The van der Waals surface area contributed by atoms with Crippen molar-refractivity contribution in [1.29, 1.82) is 0 Å². The normalized spacial score (nSPS) is 21.2. The molecule has 90 valence electrons. The molecule has 0 N–H and O–H groups in total. The number of nitrogens with zero attached hydrogens (tertiary/aromatic N) is 2. The summed E-state index contributed by atoms with van der Waals surface area (Å²) in [6.45, 7) is 10.8. The molecule has 5 heteroatoms. The Morgan fingerprint density at radius 3 is 2.13 bits per heavy atom. The van der Waals surface area contributed by atoms with Crippen molar-refractivity contribution >= 4 is 9.84 Å². The van der Waals surface area contributed by atoms with Gasteiger partial charge in [0.25, 0.3) is 0 Å². The third kappa shape index (κ3) is 4.66. The molecule has 0 amide bonds. The van der Waals surface area contributed by atoms with Crippen LogP contribution in [0.3, 0.4) is 0 Å². The Balaban J connectivity index is 0.000000921. The van der Waals surface area contributed by atoms with E-state index in [2.05, 4.69) is 6.58 Å². The van der Waals surface area contributed by atoms with Gasteiger partial charge in [-0.1, -0.05) is 20.4 Å². The van der Waals surface area contributed by atoms with Crippen LogP contribution in [0.2, 0.25) is 0 Å². The first-order valence-corrected chi connectivity index (χ1v) is 7.09. The van der Waals surface area contributed by atoms with E-state index in [9.17, 15) is 8.42 Å². The third-order valence-electron chi connectivity index (χ3n) is 2.19. The molecule has 1 aliphatic heterocycles. The Labute approximate surface area is 93.4 Å². The molecule has 0 saturated carbocycles. The average Bonchev–Trinajstić information content (AvgIpc) is 2.30. The van der Waals surface area contributed by atoms with Gasteiger partial charge in [-0.05, 0) is 6.92 Å². The summed E-state index contributed by atoms with van der Waals surface area (Å²) in [6.07, 6.45) is 0. The Bertz CT molecular complexity index is 299. The van der Waals surface area contributed by atoms with Crippen molar-refractivity contribution in [2.75, 3.05) is 31.6 Å². The maximum absolute atomic E-state index is 11.3. The average molecular weight is 234 g/mol.